The Kier molecular flexibility index (Phi) is 6.98. The summed E-state index contributed by atoms with van der Waals surface area (Å²) >= 11 is 6.21. The molecule has 0 heterocycles. The zero-order valence-electron chi connectivity index (χ0n) is 18.8. The van der Waals surface area contributed by atoms with Crippen LogP contribution in [0.5, 0.6) is 0 Å². The maximum atomic E-state index is 13.6. The molecule has 2 aliphatic carbocycles. The van der Waals surface area contributed by atoms with E-state index in [4.69, 9.17) is 11.6 Å². The van der Waals surface area contributed by atoms with Crippen molar-refractivity contribution in [1.82, 2.24) is 0 Å². The molecule has 0 saturated heterocycles. The Morgan fingerprint density at radius 2 is 1.71 bits per heavy atom. The van der Waals surface area contributed by atoms with Crippen LogP contribution in [0.3, 0.4) is 0 Å². The van der Waals surface area contributed by atoms with Crippen LogP contribution in [0.2, 0.25) is 5.02 Å². The maximum Gasteiger partial charge on any atom is 0.255 e. The van der Waals surface area contributed by atoms with E-state index in [0.29, 0.717) is 12.8 Å². The summed E-state index contributed by atoms with van der Waals surface area (Å²) in [5.41, 5.74) is -1.62. The van der Waals surface area contributed by atoms with Gasteiger partial charge >= 0.3 is 0 Å². The molecule has 0 radical (unpaired) electrons. The summed E-state index contributed by atoms with van der Waals surface area (Å²) in [7, 11) is -4.03. The number of sulfone groups is 1. The van der Waals surface area contributed by atoms with Crippen LogP contribution >= 0.6 is 11.6 Å². The van der Waals surface area contributed by atoms with E-state index in [2.05, 4.69) is 5.32 Å². The van der Waals surface area contributed by atoms with Gasteiger partial charge in [-0.25, -0.2) is 17.2 Å². The number of anilines is 1. The molecule has 0 spiro atoms. The summed E-state index contributed by atoms with van der Waals surface area (Å²) in [5, 5.41) is 32.9. The third-order valence-electron chi connectivity index (χ3n) is 7.31. The van der Waals surface area contributed by atoms with E-state index in [0.717, 1.165) is 18.2 Å². The lowest BCUT2D eigenvalue weighted by Gasteiger charge is -2.46. The highest BCUT2D eigenvalue weighted by molar-refractivity contribution is 7.92. The number of halogens is 3. The van der Waals surface area contributed by atoms with Crippen molar-refractivity contribution in [1.29, 1.82) is 0 Å². The second-order valence-electron chi connectivity index (χ2n) is 9.41. The molecule has 35 heavy (non-hydrogen) atoms. The second kappa shape index (κ2) is 9.40. The van der Waals surface area contributed by atoms with Crippen molar-refractivity contribution in [2.45, 2.75) is 60.6 Å². The molecular weight excluding hydrogens is 504 g/mol. The summed E-state index contributed by atoms with van der Waals surface area (Å²) < 4.78 is 53.7. The fraction of sp³-hybridized carbons (Fsp3) is 0.458. The Labute approximate surface area is 206 Å². The van der Waals surface area contributed by atoms with Crippen molar-refractivity contribution in [3.8, 4) is 0 Å². The van der Waals surface area contributed by atoms with E-state index in [1.54, 1.807) is 0 Å². The minimum atomic E-state index is -4.03. The molecule has 0 aliphatic heterocycles. The van der Waals surface area contributed by atoms with Gasteiger partial charge in [0.1, 0.15) is 6.10 Å². The number of aliphatic hydroxyl groups excluding tert-OH is 2. The number of carbonyl (C=O) groups excluding carboxylic acids is 1. The lowest BCUT2D eigenvalue weighted by molar-refractivity contribution is -0.172. The van der Waals surface area contributed by atoms with Gasteiger partial charge in [0.05, 0.1) is 26.9 Å². The number of carbonyl (C=O) groups is 1. The van der Waals surface area contributed by atoms with Crippen LogP contribution in [0.1, 0.15) is 43.0 Å². The van der Waals surface area contributed by atoms with Crippen LogP contribution in [-0.2, 0) is 9.84 Å². The Hall–Kier alpha value is -2.11. The van der Waals surface area contributed by atoms with Crippen molar-refractivity contribution in [3.63, 3.8) is 0 Å². The highest BCUT2D eigenvalue weighted by atomic mass is 35.5. The molecule has 4 atom stereocenters. The Morgan fingerprint density at radius 1 is 1.09 bits per heavy atom. The van der Waals surface area contributed by atoms with Crippen molar-refractivity contribution in [2.24, 2.45) is 11.8 Å². The molecule has 2 aromatic carbocycles. The molecule has 11 heteroatoms. The summed E-state index contributed by atoms with van der Waals surface area (Å²) in [6, 6.07) is 6.57. The topological polar surface area (TPSA) is 124 Å². The number of fused-ring (bicyclic) bond motifs is 2. The van der Waals surface area contributed by atoms with E-state index >= 15 is 0 Å². The van der Waals surface area contributed by atoms with Gasteiger partial charge in [0, 0.05) is 17.3 Å². The van der Waals surface area contributed by atoms with Gasteiger partial charge in [-0.15, -0.1) is 0 Å². The number of nitrogens with one attached hydrogen (secondary N) is 1. The third-order valence-corrected chi connectivity index (χ3v) is 9.97. The lowest BCUT2D eigenvalue weighted by atomic mass is 9.70. The highest BCUT2D eigenvalue weighted by Gasteiger charge is 2.59. The van der Waals surface area contributed by atoms with E-state index in [9.17, 15) is 37.3 Å². The largest absolute Gasteiger partial charge is 0.391 e. The number of benzene rings is 2. The molecule has 2 unspecified atom stereocenters. The smallest absolute Gasteiger partial charge is 0.255 e. The first-order valence-corrected chi connectivity index (χ1v) is 13.2. The molecule has 190 valence electrons. The van der Waals surface area contributed by atoms with Gasteiger partial charge in [-0.3, -0.25) is 4.79 Å². The quantitative estimate of drug-likeness (QED) is 0.455. The van der Waals surface area contributed by atoms with Gasteiger partial charge < -0.3 is 20.6 Å². The first kappa shape index (κ1) is 26.0. The summed E-state index contributed by atoms with van der Waals surface area (Å²) in [6.07, 6.45) is -1.39. The average molecular weight is 530 g/mol. The number of rotatable bonds is 6. The van der Waals surface area contributed by atoms with Crippen LogP contribution in [0.15, 0.2) is 41.3 Å². The van der Waals surface area contributed by atoms with Crippen molar-refractivity contribution >= 4 is 33.0 Å². The molecule has 4 rings (SSSR count). The van der Waals surface area contributed by atoms with Gasteiger partial charge in [0.2, 0.25) is 0 Å². The summed E-state index contributed by atoms with van der Waals surface area (Å²) in [6.45, 7) is 1.38. The molecule has 2 bridgehead atoms. The molecular formula is C24H26ClF2NO6S. The minimum absolute atomic E-state index is 0.00642. The number of amides is 1. The van der Waals surface area contributed by atoms with E-state index in [1.807, 2.05) is 0 Å². The zero-order chi connectivity index (χ0) is 25.7. The zero-order valence-corrected chi connectivity index (χ0v) is 20.4. The first-order chi connectivity index (χ1) is 16.4. The minimum Gasteiger partial charge on any atom is -0.391 e. The summed E-state index contributed by atoms with van der Waals surface area (Å²) in [5.74, 6) is -4.00. The Bertz CT molecular complexity index is 1240. The van der Waals surface area contributed by atoms with Crippen LogP contribution in [0.4, 0.5) is 14.5 Å². The van der Waals surface area contributed by atoms with Crippen LogP contribution in [-0.4, -0.2) is 52.7 Å². The standard InChI is InChI=1S/C24H26ClF2NO6S/c1-12(29)22(30)24(32)14-3-4-15(24)10-17(9-14)35(33,34)21-8-13(2-6-18(21)25)23(31)28-16-5-7-19(26)20(27)11-16/h2,5-8,11-12,14-15,17,22,29-30,32H,3-4,9-10H2,1H3,(H,28,31)/t12-,14?,15?,17?,22-,24?/m0/s1. The van der Waals surface area contributed by atoms with Gasteiger partial charge in [0.15, 0.2) is 21.5 Å². The third kappa shape index (κ3) is 4.58. The number of hydrogen-bond acceptors (Lipinski definition) is 6. The second-order valence-corrected chi connectivity index (χ2v) is 12.0. The number of aliphatic hydroxyl groups is 3. The van der Waals surface area contributed by atoms with Gasteiger partial charge in [0.25, 0.3) is 5.91 Å². The normalized spacial score (nSPS) is 27.9. The maximum absolute atomic E-state index is 13.6. The van der Waals surface area contributed by atoms with Crippen molar-refractivity contribution in [2.75, 3.05) is 5.32 Å². The van der Waals surface area contributed by atoms with Crippen molar-refractivity contribution in [3.05, 3.63) is 58.6 Å². The molecule has 2 aliphatic rings. The van der Waals surface area contributed by atoms with Gasteiger partial charge in [-0.05, 0) is 74.8 Å². The fourth-order valence-corrected chi connectivity index (χ4v) is 7.89. The predicted octanol–water partition coefficient (Wildman–Crippen LogP) is 3.31. The van der Waals surface area contributed by atoms with Crippen LogP contribution in [0, 0.1) is 23.5 Å². The molecule has 1 amide bonds. The van der Waals surface area contributed by atoms with Gasteiger partial charge in [-0.2, -0.15) is 0 Å². The molecule has 2 aromatic rings. The average Bonchev–Trinajstić information content (AvgIpc) is 2.97. The number of hydrogen-bond donors (Lipinski definition) is 4. The molecule has 0 aromatic heterocycles. The Morgan fingerprint density at radius 3 is 2.29 bits per heavy atom. The lowest BCUT2D eigenvalue weighted by Crippen LogP contribution is -2.58. The molecule has 2 saturated carbocycles. The molecule has 7 nitrogen and oxygen atoms in total. The van der Waals surface area contributed by atoms with Crippen LogP contribution in [0.25, 0.3) is 0 Å². The molecule has 2 fully saturated rings. The highest BCUT2D eigenvalue weighted by Crippen LogP contribution is 2.54. The van der Waals surface area contributed by atoms with E-state index < -0.39 is 62.3 Å². The van der Waals surface area contributed by atoms with E-state index in [-0.39, 0.29) is 34.0 Å². The molecule has 4 N–H and O–H groups in total. The predicted molar refractivity (Wildman–Crippen MR) is 125 cm³/mol. The van der Waals surface area contributed by atoms with Crippen LogP contribution < -0.4 is 5.32 Å². The first-order valence-electron chi connectivity index (χ1n) is 11.2. The summed E-state index contributed by atoms with van der Waals surface area (Å²) in [4.78, 5) is 12.4. The van der Waals surface area contributed by atoms with Crippen molar-refractivity contribution < 1.29 is 37.3 Å². The van der Waals surface area contributed by atoms with Gasteiger partial charge in [-0.1, -0.05) is 11.6 Å². The fourth-order valence-electron chi connectivity index (χ4n) is 5.48. The Balaban J connectivity index is 1.59. The monoisotopic (exact) mass is 529 g/mol. The SMILES string of the molecule is C[C@H](O)[C@H](O)C1(O)C2CCC1CC(S(=O)(=O)c1cc(C(=O)Nc3ccc(F)c(F)c3)ccc1Cl)C2. The van der Waals surface area contributed by atoms with E-state index in [1.165, 1.54) is 25.1 Å².